The first-order valence-corrected chi connectivity index (χ1v) is 12.4. The summed E-state index contributed by atoms with van der Waals surface area (Å²) < 4.78 is 18.5. The first-order chi connectivity index (χ1) is 18.6. The monoisotopic (exact) mass is 527 g/mol. The van der Waals surface area contributed by atoms with Crippen molar-refractivity contribution in [1.29, 1.82) is 0 Å². The van der Waals surface area contributed by atoms with Crippen LogP contribution in [0, 0.1) is 0 Å². The Morgan fingerprint density at radius 1 is 0.868 bits per heavy atom. The lowest BCUT2D eigenvalue weighted by Gasteiger charge is -2.17. The molecule has 0 radical (unpaired) electrons. The third-order valence-electron chi connectivity index (χ3n) is 6.27. The van der Waals surface area contributed by atoms with E-state index in [-0.39, 0.29) is 23.9 Å². The first kappa shape index (κ1) is 25.3. The third-order valence-corrected chi connectivity index (χ3v) is 6.55. The molecule has 0 aliphatic heterocycles. The normalized spacial score (nSPS) is 10.9. The fourth-order valence-electron chi connectivity index (χ4n) is 4.27. The number of fused-ring (bicyclic) bond motifs is 1. The number of methoxy groups -OCH3 is 2. The van der Waals surface area contributed by atoms with Gasteiger partial charge in [0.05, 0.1) is 26.2 Å². The smallest absolute Gasteiger partial charge is 0.261 e. The molecular formula is C30H26ClN3O4. The molecule has 0 unspecified atom stereocenters. The highest BCUT2D eigenvalue weighted by Gasteiger charge is 2.17. The van der Waals surface area contributed by atoms with E-state index in [4.69, 9.17) is 25.8 Å². The Balaban J connectivity index is 1.45. The van der Waals surface area contributed by atoms with E-state index < -0.39 is 0 Å². The Hall–Kier alpha value is -4.36. The van der Waals surface area contributed by atoms with Gasteiger partial charge in [0.15, 0.2) is 11.0 Å². The highest BCUT2D eigenvalue weighted by Crippen LogP contribution is 2.26. The van der Waals surface area contributed by atoms with Gasteiger partial charge in [-0.1, -0.05) is 54.1 Å². The lowest BCUT2D eigenvalue weighted by Crippen LogP contribution is -2.27. The summed E-state index contributed by atoms with van der Waals surface area (Å²) in [6, 6.07) is 25.3. The van der Waals surface area contributed by atoms with Gasteiger partial charge >= 0.3 is 0 Å². The van der Waals surface area contributed by atoms with Crippen LogP contribution in [0.2, 0.25) is 5.15 Å². The number of hydrogen-bond acceptors (Lipinski definition) is 6. The molecule has 0 N–H and O–H groups in total. The van der Waals surface area contributed by atoms with Crippen molar-refractivity contribution in [2.75, 3.05) is 14.2 Å². The molecule has 0 bridgehead atoms. The van der Waals surface area contributed by atoms with Crippen molar-refractivity contribution in [2.45, 2.75) is 19.6 Å². The summed E-state index contributed by atoms with van der Waals surface area (Å²) in [6.07, 6.45) is 2.33. The molecule has 5 aromatic rings. The third kappa shape index (κ3) is 5.48. The van der Waals surface area contributed by atoms with Crippen LogP contribution in [0.5, 0.6) is 17.2 Å². The average Bonchev–Trinajstić information content (AvgIpc) is 2.95. The van der Waals surface area contributed by atoms with Gasteiger partial charge in [-0.25, -0.2) is 9.97 Å². The van der Waals surface area contributed by atoms with Crippen LogP contribution in [0.25, 0.3) is 10.9 Å². The molecule has 38 heavy (non-hydrogen) atoms. The second-order valence-electron chi connectivity index (χ2n) is 8.69. The van der Waals surface area contributed by atoms with Gasteiger partial charge in [0, 0.05) is 17.8 Å². The summed E-state index contributed by atoms with van der Waals surface area (Å²) in [7, 11) is 3.17. The van der Waals surface area contributed by atoms with E-state index in [0.29, 0.717) is 34.0 Å². The van der Waals surface area contributed by atoms with Crippen LogP contribution in [-0.2, 0) is 19.6 Å². The molecular weight excluding hydrogens is 502 g/mol. The van der Waals surface area contributed by atoms with Crippen LogP contribution in [0.15, 0.2) is 89.9 Å². The number of nitrogens with zero attached hydrogens (tertiary/aromatic N) is 3. The van der Waals surface area contributed by atoms with Crippen LogP contribution >= 0.6 is 11.6 Å². The van der Waals surface area contributed by atoms with E-state index in [1.807, 2.05) is 54.6 Å². The van der Waals surface area contributed by atoms with Crippen molar-refractivity contribution in [3.05, 3.63) is 123 Å². The van der Waals surface area contributed by atoms with Crippen molar-refractivity contribution in [1.82, 2.24) is 14.5 Å². The number of pyridine rings is 1. The van der Waals surface area contributed by atoms with Gasteiger partial charge in [-0.15, -0.1) is 0 Å². The fraction of sp³-hybridized carbons (Fsp3) is 0.167. The average molecular weight is 528 g/mol. The van der Waals surface area contributed by atoms with Gasteiger partial charge in [0.1, 0.15) is 29.4 Å². The molecule has 0 aliphatic rings. The van der Waals surface area contributed by atoms with Crippen LogP contribution in [0.3, 0.4) is 0 Å². The maximum absolute atomic E-state index is 13.6. The van der Waals surface area contributed by atoms with E-state index in [1.165, 1.54) is 17.3 Å². The van der Waals surface area contributed by atoms with Crippen molar-refractivity contribution < 1.29 is 14.2 Å². The topological polar surface area (TPSA) is 75.5 Å². The zero-order valence-electron chi connectivity index (χ0n) is 21.1. The number of aromatic nitrogens is 3. The van der Waals surface area contributed by atoms with E-state index in [1.54, 1.807) is 30.9 Å². The molecule has 3 aromatic carbocycles. The molecule has 8 heteroatoms. The SMILES string of the molecule is COc1ccc(Cn2c(COc3ccc(Cc4ccccc4)cc3)nc3c(Cl)nccc3c2=O)c(OC)c1. The minimum atomic E-state index is -0.242. The van der Waals surface area contributed by atoms with E-state index in [0.717, 1.165) is 12.0 Å². The summed E-state index contributed by atoms with van der Waals surface area (Å²) in [4.78, 5) is 22.4. The predicted octanol–water partition coefficient (Wildman–Crippen LogP) is 5.68. The Bertz CT molecular complexity index is 1620. The second kappa shape index (κ2) is 11.4. The number of hydrogen-bond donors (Lipinski definition) is 0. The standard InChI is InChI=1S/C30H26ClN3O4/c1-36-24-13-10-22(26(17-24)37-2)18-34-27(33-28-25(30(34)35)14-15-32-29(28)31)19-38-23-11-8-21(9-12-23)16-20-6-4-3-5-7-20/h3-15,17H,16,18-19H2,1-2H3. The number of ether oxygens (including phenoxy) is 3. The zero-order chi connectivity index (χ0) is 26.5. The van der Waals surface area contributed by atoms with Gasteiger partial charge in [0.2, 0.25) is 0 Å². The molecule has 0 atom stereocenters. The van der Waals surface area contributed by atoms with E-state index in [9.17, 15) is 4.79 Å². The summed E-state index contributed by atoms with van der Waals surface area (Å²) in [5.41, 5.74) is 3.31. The van der Waals surface area contributed by atoms with Crippen molar-refractivity contribution in [3.63, 3.8) is 0 Å². The molecule has 0 saturated heterocycles. The number of rotatable bonds is 9. The number of halogens is 1. The Kier molecular flexibility index (Phi) is 7.56. The maximum atomic E-state index is 13.6. The van der Waals surface area contributed by atoms with Gasteiger partial charge in [0.25, 0.3) is 5.56 Å². The minimum Gasteiger partial charge on any atom is -0.497 e. The van der Waals surface area contributed by atoms with Crippen LogP contribution in [-0.4, -0.2) is 28.8 Å². The summed E-state index contributed by atoms with van der Waals surface area (Å²) in [5, 5.41) is 0.548. The molecule has 0 spiro atoms. The second-order valence-corrected chi connectivity index (χ2v) is 9.05. The quantitative estimate of drug-likeness (QED) is 0.230. The molecule has 0 aliphatic carbocycles. The molecule has 0 saturated carbocycles. The van der Waals surface area contributed by atoms with Crippen LogP contribution in [0.4, 0.5) is 0 Å². The Labute approximate surface area is 225 Å². The predicted molar refractivity (Wildman–Crippen MR) is 147 cm³/mol. The highest BCUT2D eigenvalue weighted by molar-refractivity contribution is 6.33. The minimum absolute atomic E-state index is 0.0624. The van der Waals surface area contributed by atoms with E-state index in [2.05, 4.69) is 22.1 Å². The molecule has 192 valence electrons. The van der Waals surface area contributed by atoms with Gasteiger partial charge in [-0.05, 0) is 47.9 Å². The van der Waals surface area contributed by atoms with Crippen molar-refractivity contribution in [3.8, 4) is 17.2 Å². The maximum Gasteiger partial charge on any atom is 0.261 e. The molecule has 2 aromatic heterocycles. The van der Waals surface area contributed by atoms with Gasteiger partial charge in [-0.2, -0.15) is 0 Å². The fourth-order valence-corrected chi connectivity index (χ4v) is 4.47. The van der Waals surface area contributed by atoms with Crippen molar-refractivity contribution >= 4 is 22.5 Å². The summed E-state index contributed by atoms with van der Waals surface area (Å²) in [6.45, 7) is 0.288. The lowest BCUT2D eigenvalue weighted by molar-refractivity contribution is 0.288. The van der Waals surface area contributed by atoms with Crippen LogP contribution < -0.4 is 19.8 Å². The van der Waals surface area contributed by atoms with Gasteiger partial charge < -0.3 is 14.2 Å². The van der Waals surface area contributed by atoms with Gasteiger partial charge in [-0.3, -0.25) is 9.36 Å². The summed E-state index contributed by atoms with van der Waals surface area (Å²) >= 11 is 6.30. The molecule has 7 nitrogen and oxygen atoms in total. The highest BCUT2D eigenvalue weighted by atomic mass is 35.5. The lowest BCUT2D eigenvalue weighted by atomic mass is 10.1. The Morgan fingerprint density at radius 2 is 1.61 bits per heavy atom. The number of benzene rings is 3. The largest absolute Gasteiger partial charge is 0.497 e. The molecule has 0 fully saturated rings. The first-order valence-electron chi connectivity index (χ1n) is 12.1. The molecule has 0 amide bonds. The summed E-state index contributed by atoms with van der Waals surface area (Å²) in [5.74, 6) is 2.35. The van der Waals surface area contributed by atoms with E-state index >= 15 is 0 Å². The Morgan fingerprint density at radius 3 is 2.34 bits per heavy atom. The zero-order valence-corrected chi connectivity index (χ0v) is 21.8. The molecule has 2 heterocycles. The van der Waals surface area contributed by atoms with Crippen molar-refractivity contribution in [2.24, 2.45) is 0 Å². The van der Waals surface area contributed by atoms with Crippen LogP contribution in [0.1, 0.15) is 22.5 Å². The molecule has 5 rings (SSSR count).